The summed E-state index contributed by atoms with van der Waals surface area (Å²) >= 11 is 0. The predicted octanol–water partition coefficient (Wildman–Crippen LogP) is 1.90. The molecule has 110 valence electrons. The number of hydrogen-bond donors (Lipinski definition) is 2. The molecule has 0 saturated carbocycles. The minimum absolute atomic E-state index is 0.176. The first kappa shape index (κ1) is 15.5. The molecule has 2 amide bonds. The zero-order valence-electron chi connectivity index (χ0n) is 11.1. The summed E-state index contributed by atoms with van der Waals surface area (Å²) in [6.07, 6.45) is -2.87. The van der Waals surface area contributed by atoms with E-state index in [4.69, 9.17) is 9.84 Å². The fourth-order valence-electron chi connectivity index (χ4n) is 1.82. The Bertz CT molecular complexity index is 368. The van der Waals surface area contributed by atoms with Gasteiger partial charge in [-0.3, -0.25) is 0 Å². The molecule has 6 nitrogen and oxygen atoms in total. The van der Waals surface area contributed by atoms with Crippen LogP contribution in [0.1, 0.15) is 27.2 Å². The quantitative estimate of drug-likeness (QED) is 0.769. The normalized spacial score (nSPS) is 22.8. The summed E-state index contributed by atoms with van der Waals surface area (Å²) in [6.45, 7) is 3.90. The monoisotopic (exact) mass is 280 g/mol. The van der Waals surface area contributed by atoms with E-state index in [-0.39, 0.29) is 6.54 Å². The molecule has 1 saturated heterocycles. The van der Waals surface area contributed by atoms with Crippen molar-refractivity contribution < 1.29 is 28.2 Å². The van der Waals surface area contributed by atoms with Gasteiger partial charge in [0.05, 0.1) is 12.6 Å². The number of rotatable bonds is 1. The largest absolute Gasteiger partial charge is 0.465 e. The molecule has 1 fully saturated rings. The number of ether oxygens (including phenoxy) is 1. The van der Waals surface area contributed by atoms with E-state index in [1.165, 1.54) is 0 Å². The molecule has 0 aromatic heterocycles. The van der Waals surface area contributed by atoms with Crippen LogP contribution in [0.2, 0.25) is 0 Å². The summed E-state index contributed by atoms with van der Waals surface area (Å²) < 4.78 is 31.7. The second-order valence-corrected chi connectivity index (χ2v) is 5.57. The van der Waals surface area contributed by atoms with Crippen molar-refractivity contribution in [1.82, 2.24) is 10.2 Å². The van der Waals surface area contributed by atoms with Crippen LogP contribution in [0.3, 0.4) is 0 Å². The maximum Gasteiger partial charge on any atom is 0.407 e. The summed E-state index contributed by atoms with van der Waals surface area (Å²) in [4.78, 5) is 22.8. The number of carbonyl (C=O) groups excluding carboxylic acids is 1. The number of nitrogens with zero attached hydrogens (tertiary/aromatic N) is 1. The molecular formula is C11H18F2N2O4. The molecule has 0 aromatic rings. The number of carbonyl (C=O) groups is 2. The van der Waals surface area contributed by atoms with Crippen molar-refractivity contribution in [3.05, 3.63) is 0 Å². The minimum Gasteiger partial charge on any atom is -0.465 e. The van der Waals surface area contributed by atoms with E-state index in [1.807, 2.05) is 0 Å². The van der Waals surface area contributed by atoms with Crippen LogP contribution in [0, 0.1) is 0 Å². The lowest BCUT2D eigenvalue weighted by Gasteiger charge is -2.36. The molecule has 0 aromatic carbocycles. The lowest BCUT2D eigenvalue weighted by molar-refractivity contribution is -0.0685. The number of amides is 2. The van der Waals surface area contributed by atoms with Crippen molar-refractivity contribution in [1.29, 1.82) is 0 Å². The Morgan fingerprint density at radius 2 is 2.00 bits per heavy atom. The molecular weight excluding hydrogens is 262 g/mol. The molecule has 0 bridgehead atoms. The van der Waals surface area contributed by atoms with Gasteiger partial charge >= 0.3 is 12.2 Å². The van der Waals surface area contributed by atoms with Gasteiger partial charge in [0.25, 0.3) is 5.92 Å². The van der Waals surface area contributed by atoms with E-state index >= 15 is 0 Å². The van der Waals surface area contributed by atoms with Gasteiger partial charge in [0.1, 0.15) is 5.60 Å². The van der Waals surface area contributed by atoms with E-state index in [0.29, 0.717) is 4.90 Å². The highest BCUT2D eigenvalue weighted by Gasteiger charge is 2.42. The van der Waals surface area contributed by atoms with Gasteiger partial charge in [0.15, 0.2) is 0 Å². The molecule has 1 aliphatic heterocycles. The highest BCUT2D eigenvalue weighted by Crippen LogP contribution is 2.27. The fraction of sp³-hybridized carbons (Fsp3) is 0.818. The van der Waals surface area contributed by atoms with Crippen LogP contribution in [-0.2, 0) is 4.74 Å². The number of piperidine rings is 1. The first-order valence-electron chi connectivity index (χ1n) is 5.84. The topological polar surface area (TPSA) is 78.9 Å². The molecule has 0 radical (unpaired) electrons. The van der Waals surface area contributed by atoms with Crippen LogP contribution in [0.5, 0.6) is 0 Å². The van der Waals surface area contributed by atoms with Crippen molar-refractivity contribution in [3.63, 3.8) is 0 Å². The summed E-state index contributed by atoms with van der Waals surface area (Å²) in [5.74, 6) is -3.16. The van der Waals surface area contributed by atoms with Crippen LogP contribution in [0.15, 0.2) is 0 Å². The fourth-order valence-corrected chi connectivity index (χ4v) is 1.82. The second-order valence-electron chi connectivity index (χ2n) is 5.57. The van der Waals surface area contributed by atoms with Crippen molar-refractivity contribution in [2.75, 3.05) is 13.1 Å². The lowest BCUT2D eigenvalue weighted by atomic mass is 10.0. The third-order valence-corrected chi connectivity index (χ3v) is 2.40. The average molecular weight is 280 g/mol. The number of hydrogen-bond acceptors (Lipinski definition) is 3. The Morgan fingerprint density at radius 1 is 1.42 bits per heavy atom. The van der Waals surface area contributed by atoms with Crippen LogP contribution < -0.4 is 5.32 Å². The standard InChI is InChI=1S/C11H18F2N2O4/c1-10(2,3)19-8(16)14-7-4-11(12,13)6-15(5-7)9(17)18/h7H,4-6H2,1-3H3,(H,14,16)(H,17,18). The Balaban J connectivity index is 2.62. The van der Waals surface area contributed by atoms with Crippen LogP contribution in [0.25, 0.3) is 0 Å². The predicted molar refractivity (Wildman–Crippen MR) is 62.3 cm³/mol. The first-order chi connectivity index (χ1) is 8.48. The van der Waals surface area contributed by atoms with Crippen molar-refractivity contribution in [3.8, 4) is 0 Å². The Hall–Kier alpha value is -1.60. The van der Waals surface area contributed by atoms with E-state index in [1.54, 1.807) is 20.8 Å². The van der Waals surface area contributed by atoms with Gasteiger partial charge in [-0.2, -0.15) is 0 Å². The number of halogens is 2. The lowest BCUT2D eigenvalue weighted by Crippen LogP contribution is -2.56. The Labute approximate surface area is 109 Å². The molecule has 1 rings (SSSR count). The van der Waals surface area contributed by atoms with Gasteiger partial charge in [0.2, 0.25) is 0 Å². The molecule has 1 heterocycles. The molecule has 1 unspecified atom stereocenters. The van der Waals surface area contributed by atoms with E-state index < -0.39 is 42.7 Å². The smallest absolute Gasteiger partial charge is 0.407 e. The zero-order chi connectivity index (χ0) is 14.8. The number of alkyl halides is 2. The molecule has 1 atom stereocenters. The van der Waals surface area contributed by atoms with E-state index in [2.05, 4.69) is 5.32 Å². The van der Waals surface area contributed by atoms with Crippen molar-refractivity contribution in [2.24, 2.45) is 0 Å². The molecule has 0 aliphatic carbocycles. The zero-order valence-corrected chi connectivity index (χ0v) is 11.1. The Kier molecular flexibility index (Phi) is 4.21. The minimum atomic E-state index is -3.16. The summed E-state index contributed by atoms with van der Waals surface area (Å²) in [5, 5.41) is 11.0. The molecule has 8 heteroatoms. The Morgan fingerprint density at radius 3 is 2.47 bits per heavy atom. The van der Waals surface area contributed by atoms with E-state index in [9.17, 15) is 18.4 Å². The molecule has 2 N–H and O–H groups in total. The summed E-state index contributed by atoms with van der Waals surface area (Å²) in [5.41, 5.74) is -0.742. The average Bonchev–Trinajstić information content (AvgIpc) is 2.10. The number of nitrogens with one attached hydrogen (secondary N) is 1. The third-order valence-electron chi connectivity index (χ3n) is 2.40. The number of carboxylic acid groups (broad SMARTS) is 1. The van der Waals surface area contributed by atoms with Crippen LogP contribution in [-0.4, -0.2) is 52.8 Å². The van der Waals surface area contributed by atoms with Crippen molar-refractivity contribution >= 4 is 12.2 Å². The summed E-state index contributed by atoms with van der Waals surface area (Å²) in [7, 11) is 0. The SMILES string of the molecule is CC(C)(C)OC(=O)NC1CN(C(=O)O)CC(F)(F)C1. The highest BCUT2D eigenvalue weighted by molar-refractivity contribution is 5.69. The number of likely N-dealkylation sites (tertiary alicyclic amines) is 1. The molecule has 0 spiro atoms. The third kappa shape index (κ3) is 5.27. The van der Waals surface area contributed by atoms with Gasteiger partial charge in [-0.15, -0.1) is 0 Å². The van der Waals surface area contributed by atoms with Crippen LogP contribution >= 0.6 is 0 Å². The first-order valence-corrected chi connectivity index (χ1v) is 5.84. The van der Waals surface area contributed by atoms with Gasteiger partial charge in [-0.1, -0.05) is 0 Å². The van der Waals surface area contributed by atoms with Crippen LogP contribution in [0.4, 0.5) is 18.4 Å². The second kappa shape index (κ2) is 5.18. The van der Waals surface area contributed by atoms with Gasteiger partial charge < -0.3 is 20.1 Å². The molecule has 19 heavy (non-hydrogen) atoms. The van der Waals surface area contributed by atoms with E-state index in [0.717, 1.165) is 0 Å². The van der Waals surface area contributed by atoms with Gasteiger partial charge in [-0.25, -0.2) is 18.4 Å². The summed E-state index contributed by atoms with van der Waals surface area (Å²) in [6, 6.07) is -0.963. The highest BCUT2D eigenvalue weighted by atomic mass is 19.3. The maximum atomic E-state index is 13.4. The van der Waals surface area contributed by atoms with Gasteiger partial charge in [0, 0.05) is 13.0 Å². The van der Waals surface area contributed by atoms with Gasteiger partial charge in [-0.05, 0) is 20.8 Å². The number of alkyl carbamates (subject to hydrolysis) is 1. The van der Waals surface area contributed by atoms with Crippen molar-refractivity contribution in [2.45, 2.75) is 44.8 Å². The molecule has 1 aliphatic rings. The maximum absolute atomic E-state index is 13.4.